The number of fused-ring (bicyclic) bond motifs is 1. The minimum atomic E-state index is 0.555. The highest BCUT2D eigenvalue weighted by atomic mass is 15.2. The van der Waals surface area contributed by atoms with E-state index in [2.05, 4.69) is 29.9 Å². The first kappa shape index (κ1) is 11.1. The van der Waals surface area contributed by atoms with Crippen molar-refractivity contribution in [3.05, 3.63) is 11.9 Å². The lowest BCUT2D eigenvalue weighted by Crippen LogP contribution is -2.28. The average molecular weight is 233 g/mol. The number of hydrogen-bond acceptors (Lipinski definition) is 2. The summed E-state index contributed by atoms with van der Waals surface area (Å²) in [6, 6.07) is 1.14. The molecule has 2 aliphatic rings. The smallest absolute Gasteiger partial charge is 0.203 e. The fourth-order valence-corrected chi connectivity index (χ4v) is 3.35. The molecular weight excluding hydrogens is 210 g/mol. The molecular formula is C14H23N3. The number of hydrogen-bond donors (Lipinski definition) is 1. The predicted molar refractivity (Wildman–Crippen MR) is 70.5 cm³/mol. The van der Waals surface area contributed by atoms with Gasteiger partial charge < -0.3 is 9.88 Å². The van der Waals surface area contributed by atoms with Crippen LogP contribution in [0.2, 0.25) is 0 Å². The van der Waals surface area contributed by atoms with Gasteiger partial charge in [0.05, 0.1) is 5.69 Å². The topological polar surface area (TPSA) is 29.9 Å². The molecule has 94 valence electrons. The normalized spacial score (nSPS) is 29.8. The summed E-state index contributed by atoms with van der Waals surface area (Å²) in [5, 5.41) is 3.50. The molecule has 1 aromatic heterocycles. The van der Waals surface area contributed by atoms with Gasteiger partial charge in [-0.25, -0.2) is 4.98 Å². The first-order valence-electron chi connectivity index (χ1n) is 7.09. The first-order valence-corrected chi connectivity index (χ1v) is 7.09. The number of rotatable bonds is 1. The van der Waals surface area contributed by atoms with E-state index in [0.717, 1.165) is 5.95 Å². The maximum atomic E-state index is 4.83. The van der Waals surface area contributed by atoms with Gasteiger partial charge in [0.25, 0.3) is 0 Å². The number of anilines is 1. The Hall–Kier alpha value is -0.990. The quantitative estimate of drug-likeness (QED) is 0.801. The van der Waals surface area contributed by atoms with Gasteiger partial charge in [-0.05, 0) is 33.1 Å². The van der Waals surface area contributed by atoms with E-state index in [1.165, 1.54) is 44.2 Å². The van der Waals surface area contributed by atoms with Crippen LogP contribution in [0, 0.1) is 0 Å². The van der Waals surface area contributed by atoms with Crippen LogP contribution >= 0.6 is 0 Å². The Morgan fingerprint density at radius 2 is 2.00 bits per heavy atom. The lowest BCUT2D eigenvalue weighted by molar-refractivity contribution is 0.434. The van der Waals surface area contributed by atoms with Crippen LogP contribution in [0.4, 0.5) is 5.95 Å². The van der Waals surface area contributed by atoms with Gasteiger partial charge in [0.15, 0.2) is 0 Å². The molecule has 0 spiro atoms. The number of imidazole rings is 1. The number of nitrogens with one attached hydrogen (secondary N) is 1. The molecule has 0 amide bonds. The molecule has 1 aliphatic heterocycles. The molecule has 2 atom stereocenters. The van der Waals surface area contributed by atoms with Gasteiger partial charge in [0.2, 0.25) is 5.95 Å². The van der Waals surface area contributed by atoms with E-state index in [0.29, 0.717) is 18.0 Å². The zero-order chi connectivity index (χ0) is 11.8. The van der Waals surface area contributed by atoms with Gasteiger partial charge in [0.1, 0.15) is 0 Å². The Labute approximate surface area is 104 Å². The lowest BCUT2D eigenvalue weighted by atomic mass is 9.87. The van der Waals surface area contributed by atoms with Gasteiger partial charge in [-0.15, -0.1) is 0 Å². The maximum Gasteiger partial charge on any atom is 0.203 e. The summed E-state index contributed by atoms with van der Waals surface area (Å²) in [5.74, 6) is 1.81. The Balaban J connectivity index is 1.85. The average Bonchev–Trinajstić information content (AvgIpc) is 2.74. The van der Waals surface area contributed by atoms with E-state index in [-0.39, 0.29) is 0 Å². The van der Waals surface area contributed by atoms with E-state index in [1.54, 1.807) is 0 Å². The summed E-state index contributed by atoms with van der Waals surface area (Å²) < 4.78 is 2.34. The van der Waals surface area contributed by atoms with Crippen molar-refractivity contribution in [3.8, 4) is 0 Å². The Kier molecular flexibility index (Phi) is 2.85. The van der Waals surface area contributed by atoms with E-state index >= 15 is 0 Å². The van der Waals surface area contributed by atoms with Gasteiger partial charge in [-0.1, -0.05) is 19.3 Å². The highest BCUT2D eigenvalue weighted by Gasteiger charge is 2.25. The van der Waals surface area contributed by atoms with Gasteiger partial charge in [-0.3, -0.25) is 0 Å². The molecule has 3 nitrogen and oxygen atoms in total. The van der Waals surface area contributed by atoms with Crippen molar-refractivity contribution in [1.82, 2.24) is 9.55 Å². The van der Waals surface area contributed by atoms with Crippen molar-refractivity contribution < 1.29 is 0 Å². The van der Waals surface area contributed by atoms with E-state index < -0.39 is 0 Å². The van der Waals surface area contributed by atoms with Crippen LogP contribution in [0.5, 0.6) is 0 Å². The predicted octanol–water partition coefficient (Wildman–Crippen LogP) is 3.70. The molecule has 3 rings (SSSR count). The number of nitrogens with zero attached hydrogens (tertiary/aromatic N) is 2. The zero-order valence-corrected chi connectivity index (χ0v) is 10.9. The zero-order valence-electron chi connectivity index (χ0n) is 10.9. The largest absolute Gasteiger partial charge is 0.353 e. The SMILES string of the molecule is CC1CC(C)n2cc(C3CCCCC3)nc2N1. The molecule has 1 saturated carbocycles. The third-order valence-electron chi connectivity index (χ3n) is 4.32. The molecule has 2 unspecified atom stereocenters. The van der Waals surface area contributed by atoms with Crippen LogP contribution in [0.25, 0.3) is 0 Å². The van der Waals surface area contributed by atoms with Crippen molar-refractivity contribution in [2.45, 2.75) is 70.4 Å². The van der Waals surface area contributed by atoms with E-state index in [1.807, 2.05) is 0 Å². The molecule has 0 bridgehead atoms. The fourth-order valence-electron chi connectivity index (χ4n) is 3.35. The summed E-state index contributed by atoms with van der Waals surface area (Å²) in [7, 11) is 0. The summed E-state index contributed by atoms with van der Waals surface area (Å²) in [4.78, 5) is 4.83. The van der Waals surface area contributed by atoms with Crippen LogP contribution in [0.15, 0.2) is 6.20 Å². The molecule has 1 N–H and O–H groups in total. The lowest BCUT2D eigenvalue weighted by Gasteiger charge is -2.27. The highest BCUT2D eigenvalue weighted by Crippen LogP contribution is 2.35. The van der Waals surface area contributed by atoms with Crippen molar-refractivity contribution in [3.63, 3.8) is 0 Å². The van der Waals surface area contributed by atoms with Crippen LogP contribution in [0.3, 0.4) is 0 Å². The molecule has 2 heterocycles. The monoisotopic (exact) mass is 233 g/mol. The highest BCUT2D eigenvalue weighted by molar-refractivity contribution is 5.34. The minimum absolute atomic E-state index is 0.555. The minimum Gasteiger partial charge on any atom is -0.353 e. The third-order valence-corrected chi connectivity index (χ3v) is 4.32. The van der Waals surface area contributed by atoms with Crippen molar-refractivity contribution >= 4 is 5.95 Å². The molecule has 1 aliphatic carbocycles. The van der Waals surface area contributed by atoms with Crippen LogP contribution < -0.4 is 5.32 Å². The summed E-state index contributed by atoms with van der Waals surface area (Å²) in [6.07, 6.45) is 10.3. The van der Waals surface area contributed by atoms with Crippen LogP contribution in [-0.2, 0) is 0 Å². The van der Waals surface area contributed by atoms with Gasteiger partial charge >= 0.3 is 0 Å². The molecule has 0 saturated heterocycles. The van der Waals surface area contributed by atoms with Crippen LogP contribution in [0.1, 0.15) is 70.0 Å². The fraction of sp³-hybridized carbons (Fsp3) is 0.786. The maximum absolute atomic E-state index is 4.83. The second kappa shape index (κ2) is 4.35. The third kappa shape index (κ3) is 2.07. The molecule has 17 heavy (non-hydrogen) atoms. The summed E-state index contributed by atoms with van der Waals surface area (Å²) >= 11 is 0. The van der Waals surface area contributed by atoms with Crippen LogP contribution in [-0.4, -0.2) is 15.6 Å². The number of aromatic nitrogens is 2. The standard InChI is InChI=1S/C14H23N3/c1-10-8-11(2)17-9-13(16-14(17)15-10)12-6-4-3-5-7-12/h9-12H,3-8H2,1-2H3,(H,15,16). The van der Waals surface area contributed by atoms with E-state index in [9.17, 15) is 0 Å². The van der Waals surface area contributed by atoms with Crippen molar-refractivity contribution in [1.29, 1.82) is 0 Å². The Bertz CT molecular complexity index is 390. The molecule has 1 aromatic rings. The first-order chi connectivity index (χ1) is 8.24. The summed E-state index contributed by atoms with van der Waals surface area (Å²) in [6.45, 7) is 4.54. The van der Waals surface area contributed by atoms with E-state index in [4.69, 9.17) is 4.98 Å². The molecule has 0 aromatic carbocycles. The van der Waals surface area contributed by atoms with Crippen molar-refractivity contribution in [2.75, 3.05) is 5.32 Å². The molecule has 1 fully saturated rings. The van der Waals surface area contributed by atoms with Crippen molar-refractivity contribution in [2.24, 2.45) is 0 Å². The Morgan fingerprint density at radius 3 is 2.76 bits per heavy atom. The Morgan fingerprint density at radius 1 is 1.24 bits per heavy atom. The second-order valence-corrected chi connectivity index (χ2v) is 5.86. The second-order valence-electron chi connectivity index (χ2n) is 5.86. The summed E-state index contributed by atoms with van der Waals surface area (Å²) in [5.41, 5.74) is 1.33. The van der Waals surface area contributed by atoms with Gasteiger partial charge in [-0.2, -0.15) is 0 Å². The molecule has 3 heteroatoms. The van der Waals surface area contributed by atoms with Gasteiger partial charge in [0, 0.05) is 24.2 Å². The molecule has 0 radical (unpaired) electrons.